The Balaban J connectivity index is 0.00000192. The van der Waals surface area contributed by atoms with Gasteiger partial charge in [-0.1, -0.05) is 23.5 Å². The molecule has 1 N–H and O–H groups in total. The highest BCUT2D eigenvalue weighted by atomic mass is 35.5. The molecule has 0 radical (unpaired) electrons. The van der Waals surface area contributed by atoms with Crippen LogP contribution in [0, 0.1) is 12.7 Å². The minimum atomic E-state index is -0.201. The molecule has 1 unspecified atom stereocenters. The van der Waals surface area contributed by atoms with E-state index in [2.05, 4.69) is 10.2 Å². The molecule has 0 spiro atoms. The van der Waals surface area contributed by atoms with Gasteiger partial charge in [0.2, 0.25) is 0 Å². The first kappa shape index (κ1) is 18.1. The number of hydrogen-bond acceptors (Lipinski definition) is 4. The predicted octanol–water partition coefficient (Wildman–Crippen LogP) is 2.43. The van der Waals surface area contributed by atoms with Gasteiger partial charge in [-0.25, -0.2) is 4.39 Å². The van der Waals surface area contributed by atoms with Gasteiger partial charge in [0.15, 0.2) is 0 Å². The molecule has 3 rings (SSSR count). The van der Waals surface area contributed by atoms with Gasteiger partial charge in [0.1, 0.15) is 5.82 Å². The number of benzene rings is 1. The molecule has 1 aromatic heterocycles. The number of nitrogens with zero attached hydrogens (tertiary/aromatic N) is 2. The molecule has 1 fully saturated rings. The molecule has 1 aliphatic heterocycles. The first-order valence-electron chi connectivity index (χ1n) is 7.50. The van der Waals surface area contributed by atoms with Crippen LogP contribution in [0.1, 0.15) is 17.3 Å². The van der Waals surface area contributed by atoms with Gasteiger partial charge in [-0.05, 0) is 24.6 Å². The maximum atomic E-state index is 13.5. The summed E-state index contributed by atoms with van der Waals surface area (Å²) in [6, 6.07) is 6.95. The summed E-state index contributed by atoms with van der Waals surface area (Å²) in [6.45, 7) is 6.06. The lowest BCUT2D eigenvalue weighted by Crippen LogP contribution is -2.47. The van der Waals surface area contributed by atoms with Gasteiger partial charge in [0.25, 0.3) is 0 Å². The fourth-order valence-corrected chi connectivity index (χ4v) is 3.72. The Morgan fingerprint density at radius 1 is 1.39 bits per heavy atom. The summed E-state index contributed by atoms with van der Waals surface area (Å²) in [7, 11) is 0. The molecule has 1 saturated heterocycles. The van der Waals surface area contributed by atoms with Crippen molar-refractivity contribution < 1.29 is 4.39 Å². The van der Waals surface area contributed by atoms with Crippen LogP contribution >= 0.6 is 23.7 Å². The van der Waals surface area contributed by atoms with Crippen molar-refractivity contribution in [2.45, 2.75) is 19.5 Å². The minimum absolute atomic E-state index is 0. The Morgan fingerprint density at radius 3 is 2.91 bits per heavy atom. The second-order valence-electron chi connectivity index (χ2n) is 5.61. The van der Waals surface area contributed by atoms with Gasteiger partial charge in [-0.3, -0.25) is 9.69 Å². The molecule has 7 heteroatoms. The zero-order valence-electron chi connectivity index (χ0n) is 13.0. The summed E-state index contributed by atoms with van der Waals surface area (Å²) in [5, 5.41) is 5.26. The predicted molar refractivity (Wildman–Crippen MR) is 94.1 cm³/mol. The third kappa shape index (κ3) is 4.20. The fraction of sp³-hybridized carbons (Fsp3) is 0.438. The summed E-state index contributed by atoms with van der Waals surface area (Å²) in [5.74, 6) is -0.201. The van der Waals surface area contributed by atoms with Crippen molar-refractivity contribution >= 4 is 23.7 Å². The molecule has 2 heterocycles. The summed E-state index contributed by atoms with van der Waals surface area (Å²) in [5.41, 5.74) is 1.99. The van der Waals surface area contributed by atoms with E-state index in [4.69, 9.17) is 0 Å². The van der Waals surface area contributed by atoms with Crippen LogP contribution in [-0.2, 0) is 6.54 Å². The smallest absolute Gasteiger partial charge is 0.307 e. The van der Waals surface area contributed by atoms with E-state index in [1.807, 2.05) is 22.9 Å². The van der Waals surface area contributed by atoms with Crippen molar-refractivity contribution in [3.05, 3.63) is 56.4 Å². The van der Waals surface area contributed by atoms with E-state index in [0.717, 1.165) is 37.4 Å². The van der Waals surface area contributed by atoms with Crippen molar-refractivity contribution in [2.24, 2.45) is 0 Å². The van der Waals surface area contributed by atoms with Crippen molar-refractivity contribution in [1.82, 2.24) is 14.8 Å². The van der Waals surface area contributed by atoms with E-state index in [1.165, 1.54) is 17.4 Å². The summed E-state index contributed by atoms with van der Waals surface area (Å²) >= 11 is 1.24. The van der Waals surface area contributed by atoms with Gasteiger partial charge < -0.3 is 9.88 Å². The maximum Gasteiger partial charge on any atom is 0.307 e. The Hall–Kier alpha value is -1.21. The molecule has 0 bridgehead atoms. The van der Waals surface area contributed by atoms with E-state index < -0.39 is 0 Å². The van der Waals surface area contributed by atoms with Crippen LogP contribution in [0.5, 0.6) is 0 Å². The van der Waals surface area contributed by atoms with Gasteiger partial charge in [0, 0.05) is 49.8 Å². The van der Waals surface area contributed by atoms with E-state index in [-0.39, 0.29) is 29.1 Å². The van der Waals surface area contributed by atoms with Crippen LogP contribution in [0.3, 0.4) is 0 Å². The van der Waals surface area contributed by atoms with Crippen LogP contribution in [-0.4, -0.2) is 35.6 Å². The average molecular weight is 358 g/mol. The lowest BCUT2D eigenvalue weighted by Gasteiger charge is -2.36. The third-order valence-electron chi connectivity index (χ3n) is 4.17. The van der Waals surface area contributed by atoms with Gasteiger partial charge >= 0.3 is 4.87 Å². The topological polar surface area (TPSA) is 37.3 Å². The lowest BCUT2D eigenvalue weighted by atomic mass is 10.0. The molecule has 1 aromatic carbocycles. The molecule has 1 atom stereocenters. The zero-order chi connectivity index (χ0) is 15.5. The van der Waals surface area contributed by atoms with Crippen molar-refractivity contribution in [3.8, 4) is 0 Å². The van der Waals surface area contributed by atoms with Crippen molar-refractivity contribution in [2.75, 3.05) is 26.2 Å². The second kappa shape index (κ2) is 8.06. The quantitative estimate of drug-likeness (QED) is 0.913. The fourth-order valence-electron chi connectivity index (χ4n) is 2.96. The standard InChI is InChI=1S/C16H20FN3OS.ClH/c1-12-11-22-16(21)20(12)8-7-19-6-5-18-10-15(19)13-3-2-4-14(17)9-13;/h2-4,9,11,15,18H,5-8,10H2,1H3;1H. The Labute approximate surface area is 145 Å². The molecule has 0 saturated carbocycles. The Morgan fingerprint density at radius 2 is 2.22 bits per heavy atom. The summed E-state index contributed by atoms with van der Waals surface area (Å²) in [4.78, 5) is 14.2. The molecular formula is C16H21ClFN3OS. The van der Waals surface area contributed by atoms with E-state index >= 15 is 0 Å². The highest BCUT2D eigenvalue weighted by Gasteiger charge is 2.24. The first-order chi connectivity index (χ1) is 10.6. The summed E-state index contributed by atoms with van der Waals surface area (Å²) < 4.78 is 15.3. The highest BCUT2D eigenvalue weighted by Crippen LogP contribution is 2.22. The largest absolute Gasteiger partial charge is 0.314 e. The van der Waals surface area contributed by atoms with E-state index in [9.17, 15) is 9.18 Å². The van der Waals surface area contributed by atoms with Crippen LogP contribution < -0.4 is 10.2 Å². The van der Waals surface area contributed by atoms with E-state index in [1.54, 1.807) is 12.1 Å². The normalized spacial score (nSPS) is 18.6. The van der Waals surface area contributed by atoms with Gasteiger partial charge in [-0.2, -0.15) is 0 Å². The number of thiazole rings is 1. The van der Waals surface area contributed by atoms with Gasteiger partial charge in [-0.15, -0.1) is 12.4 Å². The molecular weight excluding hydrogens is 337 g/mol. The number of aromatic nitrogens is 1. The third-order valence-corrected chi connectivity index (χ3v) is 5.06. The second-order valence-corrected chi connectivity index (χ2v) is 6.43. The number of nitrogens with one attached hydrogen (secondary N) is 1. The first-order valence-corrected chi connectivity index (χ1v) is 8.38. The van der Waals surface area contributed by atoms with Gasteiger partial charge in [0.05, 0.1) is 0 Å². The van der Waals surface area contributed by atoms with Crippen LogP contribution in [0.4, 0.5) is 4.39 Å². The molecule has 2 aromatic rings. The molecule has 23 heavy (non-hydrogen) atoms. The zero-order valence-corrected chi connectivity index (χ0v) is 14.6. The van der Waals surface area contributed by atoms with E-state index in [0.29, 0.717) is 6.54 Å². The lowest BCUT2D eigenvalue weighted by molar-refractivity contribution is 0.155. The number of hydrogen-bond donors (Lipinski definition) is 1. The Bertz CT molecular complexity index is 703. The van der Waals surface area contributed by atoms with Crippen LogP contribution in [0.25, 0.3) is 0 Å². The SMILES string of the molecule is Cc1csc(=O)n1CCN1CCNCC1c1cccc(F)c1.Cl. The monoisotopic (exact) mass is 357 g/mol. The van der Waals surface area contributed by atoms with Crippen molar-refractivity contribution in [1.29, 1.82) is 0 Å². The number of rotatable bonds is 4. The van der Waals surface area contributed by atoms with Crippen LogP contribution in [0.2, 0.25) is 0 Å². The highest BCUT2D eigenvalue weighted by molar-refractivity contribution is 7.07. The number of aryl methyl sites for hydroxylation is 1. The summed E-state index contributed by atoms with van der Waals surface area (Å²) in [6.07, 6.45) is 0. The molecule has 4 nitrogen and oxygen atoms in total. The number of halogens is 2. The molecule has 1 aliphatic rings. The maximum absolute atomic E-state index is 13.5. The molecule has 126 valence electrons. The van der Waals surface area contributed by atoms with Crippen molar-refractivity contribution in [3.63, 3.8) is 0 Å². The molecule has 0 amide bonds. The average Bonchev–Trinajstić information content (AvgIpc) is 2.84. The van der Waals surface area contributed by atoms with Crippen LogP contribution in [0.15, 0.2) is 34.4 Å². The Kier molecular flexibility index (Phi) is 6.35. The number of piperazine rings is 1. The molecule has 0 aliphatic carbocycles. The minimum Gasteiger partial charge on any atom is -0.314 e.